The van der Waals surface area contributed by atoms with E-state index < -0.39 is 5.82 Å². The minimum absolute atomic E-state index is 0.116. The third-order valence-electron chi connectivity index (χ3n) is 4.72. The van der Waals surface area contributed by atoms with Crippen molar-refractivity contribution in [1.82, 2.24) is 4.98 Å². The second-order valence-corrected chi connectivity index (χ2v) is 6.92. The average molecular weight is 404 g/mol. The predicted octanol–water partition coefficient (Wildman–Crippen LogP) is 5.61. The molecule has 154 valence electrons. The molecule has 1 aromatic heterocycles. The first-order chi connectivity index (χ1) is 14.6. The predicted molar refractivity (Wildman–Crippen MR) is 118 cm³/mol. The molecule has 0 saturated carbocycles. The smallest absolute Gasteiger partial charge is 0.258 e. The fraction of sp³-hybridized carbons (Fsp3) is 0.280. The first-order valence-electron chi connectivity index (χ1n) is 10.1. The molecule has 0 aliphatic heterocycles. The van der Waals surface area contributed by atoms with Gasteiger partial charge >= 0.3 is 0 Å². The van der Waals surface area contributed by atoms with Gasteiger partial charge in [0.1, 0.15) is 0 Å². The van der Waals surface area contributed by atoms with Gasteiger partial charge in [-0.2, -0.15) is 0 Å². The monoisotopic (exact) mass is 404 g/mol. The van der Waals surface area contributed by atoms with Crippen LogP contribution >= 0.6 is 0 Å². The Labute approximate surface area is 176 Å². The summed E-state index contributed by atoms with van der Waals surface area (Å²) in [6, 6.07) is 13.7. The number of carbonyl (C=O) groups is 1. The number of hydrogen-bond acceptors (Lipinski definition) is 3. The van der Waals surface area contributed by atoms with Crippen molar-refractivity contribution in [3.63, 3.8) is 0 Å². The number of nitrogens with zero attached hydrogens (tertiary/aromatic N) is 2. The first-order valence-corrected chi connectivity index (χ1v) is 10.1. The van der Waals surface area contributed by atoms with Gasteiger partial charge in [-0.25, -0.2) is 4.39 Å². The molecule has 3 aromatic rings. The van der Waals surface area contributed by atoms with Gasteiger partial charge in [0.2, 0.25) is 0 Å². The van der Waals surface area contributed by atoms with Crippen molar-refractivity contribution >= 4 is 22.5 Å². The molecule has 5 heteroatoms. The Kier molecular flexibility index (Phi) is 7.40. The van der Waals surface area contributed by atoms with Gasteiger partial charge in [-0.15, -0.1) is 5.92 Å². The number of hydrogen-bond donors (Lipinski definition) is 0. The van der Waals surface area contributed by atoms with Gasteiger partial charge in [0.25, 0.3) is 5.91 Å². The number of benzene rings is 2. The van der Waals surface area contributed by atoms with E-state index >= 15 is 0 Å². The van der Waals surface area contributed by atoms with Gasteiger partial charge < -0.3 is 9.64 Å². The van der Waals surface area contributed by atoms with Crippen LogP contribution in [0.25, 0.3) is 10.9 Å². The van der Waals surface area contributed by atoms with Crippen molar-refractivity contribution in [2.24, 2.45) is 0 Å². The second kappa shape index (κ2) is 10.4. The molecule has 0 aliphatic carbocycles. The molecule has 0 radical (unpaired) electrons. The van der Waals surface area contributed by atoms with E-state index in [9.17, 15) is 9.18 Å². The van der Waals surface area contributed by atoms with Crippen LogP contribution in [0.5, 0.6) is 5.75 Å². The van der Waals surface area contributed by atoms with Crippen molar-refractivity contribution in [2.45, 2.75) is 32.6 Å². The Morgan fingerprint density at radius 3 is 2.80 bits per heavy atom. The Hall–Kier alpha value is -3.39. The third kappa shape index (κ3) is 5.15. The molecule has 4 nitrogen and oxygen atoms in total. The van der Waals surface area contributed by atoms with Crippen LogP contribution in [0.4, 0.5) is 10.1 Å². The number of unbranched alkanes of at least 4 members (excludes halogenated alkanes) is 2. The van der Waals surface area contributed by atoms with Crippen molar-refractivity contribution in [3.05, 3.63) is 66.1 Å². The maximum atomic E-state index is 15.0. The standard InChI is InChI=1S/C25H25FN2O2/c1-3-4-5-6-7-8-17-30-23-13-9-12-22(24(23)26)28(2)25(29)20-14-15-21-19(18-20)11-10-16-27-21/h9-16,18H,3-5,8,17H2,1-2H3. The van der Waals surface area contributed by atoms with E-state index in [1.165, 1.54) is 4.90 Å². The number of aromatic nitrogens is 1. The van der Waals surface area contributed by atoms with E-state index in [4.69, 9.17) is 4.74 Å². The van der Waals surface area contributed by atoms with E-state index in [1.54, 1.807) is 49.6 Å². The van der Waals surface area contributed by atoms with Crippen molar-refractivity contribution in [3.8, 4) is 17.6 Å². The second-order valence-electron chi connectivity index (χ2n) is 6.92. The zero-order chi connectivity index (χ0) is 21.3. The summed E-state index contributed by atoms with van der Waals surface area (Å²) < 4.78 is 20.5. The number of ether oxygens (including phenoxy) is 1. The lowest BCUT2D eigenvalue weighted by molar-refractivity contribution is 0.0992. The highest BCUT2D eigenvalue weighted by molar-refractivity contribution is 6.07. The molecule has 1 amide bonds. The number of halogens is 1. The van der Waals surface area contributed by atoms with Gasteiger partial charge in [0, 0.05) is 37.0 Å². The first kappa shape index (κ1) is 21.3. The van der Waals surface area contributed by atoms with Gasteiger partial charge in [-0.05, 0) is 42.8 Å². The fourth-order valence-electron chi connectivity index (χ4n) is 3.04. The number of amides is 1. The summed E-state index contributed by atoms with van der Waals surface area (Å²) in [7, 11) is 1.55. The van der Waals surface area contributed by atoms with Crippen LogP contribution in [0.15, 0.2) is 54.7 Å². The molecule has 0 fully saturated rings. The normalized spacial score (nSPS) is 10.4. The molecule has 0 saturated heterocycles. The summed E-state index contributed by atoms with van der Waals surface area (Å²) in [5.74, 6) is 5.36. The quantitative estimate of drug-likeness (QED) is 0.379. The summed E-state index contributed by atoms with van der Waals surface area (Å²) in [5.41, 5.74) is 1.43. The van der Waals surface area contributed by atoms with E-state index in [2.05, 4.69) is 23.7 Å². The van der Waals surface area contributed by atoms with Crippen LogP contribution < -0.4 is 9.64 Å². The lowest BCUT2D eigenvalue weighted by atomic mass is 10.1. The van der Waals surface area contributed by atoms with Crippen LogP contribution in [-0.2, 0) is 0 Å². The highest BCUT2D eigenvalue weighted by Crippen LogP contribution is 2.28. The molecule has 1 heterocycles. The van der Waals surface area contributed by atoms with Crippen LogP contribution in [-0.4, -0.2) is 24.5 Å². The van der Waals surface area contributed by atoms with Crippen LogP contribution in [0.2, 0.25) is 0 Å². The Bertz CT molecular complexity index is 1090. The molecular formula is C25H25FN2O2. The van der Waals surface area contributed by atoms with E-state index in [0.29, 0.717) is 18.6 Å². The summed E-state index contributed by atoms with van der Waals surface area (Å²) in [5, 5.41) is 0.856. The summed E-state index contributed by atoms with van der Waals surface area (Å²) >= 11 is 0. The largest absolute Gasteiger partial charge is 0.489 e. The molecule has 30 heavy (non-hydrogen) atoms. The van der Waals surface area contributed by atoms with Gasteiger partial charge in [0.05, 0.1) is 17.8 Å². The van der Waals surface area contributed by atoms with Crippen molar-refractivity contribution in [2.75, 3.05) is 18.6 Å². The molecular weight excluding hydrogens is 379 g/mol. The number of carbonyl (C=O) groups excluding carboxylic acids is 1. The van der Waals surface area contributed by atoms with Crippen molar-refractivity contribution < 1.29 is 13.9 Å². The van der Waals surface area contributed by atoms with E-state index in [-0.39, 0.29) is 17.3 Å². The Morgan fingerprint density at radius 1 is 1.13 bits per heavy atom. The van der Waals surface area contributed by atoms with Gasteiger partial charge in [0.15, 0.2) is 11.6 Å². The van der Waals surface area contributed by atoms with Crippen LogP contribution in [0.3, 0.4) is 0 Å². The lowest BCUT2D eigenvalue weighted by Crippen LogP contribution is -2.27. The lowest BCUT2D eigenvalue weighted by Gasteiger charge is -2.19. The molecule has 0 unspecified atom stereocenters. The minimum Gasteiger partial charge on any atom is -0.489 e. The topological polar surface area (TPSA) is 42.4 Å². The highest BCUT2D eigenvalue weighted by Gasteiger charge is 2.19. The molecule has 0 spiro atoms. The minimum atomic E-state index is -0.560. The van der Waals surface area contributed by atoms with Crippen LogP contribution in [0, 0.1) is 17.7 Å². The van der Waals surface area contributed by atoms with Crippen molar-refractivity contribution in [1.29, 1.82) is 0 Å². The molecule has 0 bridgehead atoms. The fourth-order valence-corrected chi connectivity index (χ4v) is 3.04. The molecule has 0 aliphatic rings. The van der Waals surface area contributed by atoms with Gasteiger partial charge in [-0.3, -0.25) is 9.78 Å². The highest BCUT2D eigenvalue weighted by atomic mass is 19.1. The zero-order valence-corrected chi connectivity index (χ0v) is 17.3. The molecule has 0 atom stereocenters. The Morgan fingerprint density at radius 2 is 1.97 bits per heavy atom. The van der Waals surface area contributed by atoms with Crippen LogP contribution in [0.1, 0.15) is 43.0 Å². The van der Waals surface area contributed by atoms with E-state index in [0.717, 1.165) is 30.2 Å². The Balaban J connectivity index is 1.70. The molecule has 3 rings (SSSR count). The maximum Gasteiger partial charge on any atom is 0.258 e. The number of fused-ring (bicyclic) bond motifs is 1. The van der Waals surface area contributed by atoms with Gasteiger partial charge in [-0.1, -0.05) is 31.4 Å². The molecule has 2 aromatic carbocycles. The number of anilines is 1. The average Bonchev–Trinajstić information content (AvgIpc) is 2.78. The zero-order valence-electron chi connectivity index (χ0n) is 17.3. The number of pyridine rings is 1. The summed E-state index contributed by atoms with van der Waals surface area (Å²) in [6.45, 7) is 2.42. The summed E-state index contributed by atoms with van der Waals surface area (Å²) in [6.07, 6.45) is 5.31. The van der Waals surface area contributed by atoms with E-state index in [1.807, 2.05) is 12.1 Å². The number of rotatable bonds is 7. The molecule has 0 N–H and O–H groups in total. The third-order valence-corrected chi connectivity index (χ3v) is 4.72. The maximum absolute atomic E-state index is 15.0. The summed E-state index contributed by atoms with van der Waals surface area (Å²) in [4.78, 5) is 18.5. The SMILES string of the molecule is CCCCC#CCCOc1cccc(N(C)C(=O)c2ccc3ncccc3c2)c1F.